The summed E-state index contributed by atoms with van der Waals surface area (Å²) >= 11 is 0. The van der Waals surface area contributed by atoms with Gasteiger partial charge in [0, 0.05) is 11.6 Å². The molecule has 0 bridgehead atoms. The molecule has 1 fully saturated rings. The second-order valence-corrected chi connectivity index (χ2v) is 7.79. The maximum absolute atomic E-state index is 12.7. The van der Waals surface area contributed by atoms with Gasteiger partial charge in [-0.3, -0.25) is 9.36 Å². The molecule has 1 aliphatic carbocycles. The third kappa shape index (κ3) is 3.10. The molecule has 0 spiro atoms. The summed E-state index contributed by atoms with van der Waals surface area (Å²) in [5.41, 5.74) is 1.59. The zero-order valence-electron chi connectivity index (χ0n) is 16.5. The largest absolute Gasteiger partial charge is 0.342 e. The molecule has 1 atom stereocenters. The van der Waals surface area contributed by atoms with E-state index in [0.29, 0.717) is 17.4 Å². The van der Waals surface area contributed by atoms with E-state index in [1.807, 2.05) is 41.1 Å². The van der Waals surface area contributed by atoms with Gasteiger partial charge in [0.05, 0.1) is 18.7 Å². The molecule has 1 saturated carbocycles. The number of Topliss-reactive ketones (excluding diaryl/α,β-unsaturated/α-hetero) is 1. The molecule has 2 aliphatic rings. The van der Waals surface area contributed by atoms with E-state index in [0.717, 1.165) is 36.6 Å². The Morgan fingerprint density at radius 3 is 2.72 bits per heavy atom. The van der Waals surface area contributed by atoms with Crippen LogP contribution in [0.25, 0.3) is 5.69 Å². The highest BCUT2D eigenvalue weighted by Gasteiger charge is 2.38. The minimum absolute atomic E-state index is 0.0332. The number of hydrogen-bond donors (Lipinski definition) is 0. The van der Waals surface area contributed by atoms with Crippen LogP contribution in [0.15, 0.2) is 42.9 Å². The number of fused-ring (bicyclic) bond motifs is 3. The molecular formula is C22H24N6O. The Hall–Kier alpha value is -3.09. The Morgan fingerprint density at radius 2 is 1.97 bits per heavy atom. The van der Waals surface area contributed by atoms with Crippen LogP contribution in [-0.2, 0) is 6.42 Å². The molecule has 29 heavy (non-hydrogen) atoms. The minimum Gasteiger partial charge on any atom is -0.342 e. The summed E-state index contributed by atoms with van der Waals surface area (Å²) in [7, 11) is 0. The van der Waals surface area contributed by atoms with E-state index in [1.165, 1.54) is 12.8 Å². The lowest BCUT2D eigenvalue weighted by Gasteiger charge is -2.40. The fourth-order valence-electron chi connectivity index (χ4n) is 4.63. The lowest BCUT2D eigenvalue weighted by molar-refractivity contribution is 0.0991. The molecule has 3 aromatic rings. The fourth-order valence-corrected chi connectivity index (χ4v) is 4.63. The van der Waals surface area contributed by atoms with Crippen molar-refractivity contribution in [2.24, 2.45) is 0 Å². The number of benzene rings is 1. The summed E-state index contributed by atoms with van der Waals surface area (Å²) in [6.07, 6.45) is 9.48. The molecule has 7 heteroatoms. The van der Waals surface area contributed by atoms with E-state index < -0.39 is 0 Å². The summed E-state index contributed by atoms with van der Waals surface area (Å²) in [6, 6.07) is 9.92. The van der Waals surface area contributed by atoms with Gasteiger partial charge in [0.1, 0.15) is 17.8 Å². The van der Waals surface area contributed by atoms with Crippen molar-refractivity contribution in [3.63, 3.8) is 0 Å². The van der Waals surface area contributed by atoms with Gasteiger partial charge in [0.25, 0.3) is 0 Å². The summed E-state index contributed by atoms with van der Waals surface area (Å²) in [5, 5.41) is 8.55. The quantitative estimate of drug-likeness (QED) is 0.620. The SMILES string of the molecule is CCC1c2nncn2-c2cnc(CC(=O)c3ccccc3)nc2N1C1CCCC1. The van der Waals surface area contributed by atoms with E-state index in [2.05, 4.69) is 27.0 Å². The second-order valence-electron chi connectivity index (χ2n) is 7.79. The van der Waals surface area contributed by atoms with Crippen LogP contribution >= 0.6 is 0 Å². The molecule has 0 saturated heterocycles. The van der Waals surface area contributed by atoms with E-state index in [9.17, 15) is 4.79 Å². The molecule has 1 aromatic carbocycles. The first-order chi connectivity index (χ1) is 14.3. The normalized spacial score (nSPS) is 18.5. The number of aromatic nitrogens is 5. The van der Waals surface area contributed by atoms with Crippen molar-refractivity contribution in [2.45, 2.75) is 57.5 Å². The van der Waals surface area contributed by atoms with Crippen LogP contribution in [0.4, 0.5) is 5.82 Å². The highest BCUT2D eigenvalue weighted by molar-refractivity contribution is 5.97. The molecule has 3 heterocycles. The first-order valence-corrected chi connectivity index (χ1v) is 10.4. The predicted molar refractivity (Wildman–Crippen MR) is 109 cm³/mol. The van der Waals surface area contributed by atoms with Crippen LogP contribution in [0, 0.1) is 0 Å². The van der Waals surface area contributed by atoms with Crippen molar-refractivity contribution in [3.8, 4) is 5.69 Å². The first kappa shape index (κ1) is 18.0. The van der Waals surface area contributed by atoms with Crippen LogP contribution in [0.2, 0.25) is 0 Å². The molecule has 2 aromatic heterocycles. The molecule has 0 amide bonds. The van der Waals surface area contributed by atoms with E-state index >= 15 is 0 Å². The highest BCUT2D eigenvalue weighted by atomic mass is 16.1. The molecule has 1 unspecified atom stereocenters. The molecular weight excluding hydrogens is 364 g/mol. The van der Waals surface area contributed by atoms with Crippen molar-refractivity contribution in [2.75, 3.05) is 4.90 Å². The Balaban J connectivity index is 1.55. The number of ketones is 1. The Labute approximate surface area is 169 Å². The van der Waals surface area contributed by atoms with Gasteiger partial charge in [-0.1, -0.05) is 50.1 Å². The van der Waals surface area contributed by atoms with Crippen LogP contribution in [0.1, 0.15) is 67.1 Å². The maximum Gasteiger partial charge on any atom is 0.170 e. The topological polar surface area (TPSA) is 76.8 Å². The molecule has 1 aliphatic heterocycles. The van der Waals surface area contributed by atoms with Crippen LogP contribution in [0.5, 0.6) is 0 Å². The molecule has 0 N–H and O–H groups in total. The van der Waals surface area contributed by atoms with Gasteiger partial charge >= 0.3 is 0 Å². The van der Waals surface area contributed by atoms with E-state index in [1.54, 1.807) is 6.33 Å². The number of rotatable bonds is 5. The first-order valence-electron chi connectivity index (χ1n) is 10.4. The zero-order chi connectivity index (χ0) is 19.8. The highest BCUT2D eigenvalue weighted by Crippen LogP contribution is 2.42. The average Bonchev–Trinajstić information content (AvgIpc) is 3.45. The zero-order valence-corrected chi connectivity index (χ0v) is 16.5. The monoisotopic (exact) mass is 388 g/mol. The predicted octanol–water partition coefficient (Wildman–Crippen LogP) is 3.70. The summed E-state index contributed by atoms with van der Waals surface area (Å²) < 4.78 is 2.00. The number of nitrogens with zero attached hydrogens (tertiary/aromatic N) is 6. The smallest absolute Gasteiger partial charge is 0.170 e. The van der Waals surface area contributed by atoms with Gasteiger partial charge in [-0.25, -0.2) is 9.97 Å². The van der Waals surface area contributed by atoms with Crippen molar-refractivity contribution in [3.05, 3.63) is 60.1 Å². The summed E-state index contributed by atoms with van der Waals surface area (Å²) in [4.78, 5) is 24.5. The number of anilines is 1. The van der Waals surface area contributed by atoms with Crippen molar-refractivity contribution >= 4 is 11.6 Å². The second kappa shape index (κ2) is 7.39. The maximum atomic E-state index is 12.7. The Bertz CT molecular complexity index is 1020. The lowest BCUT2D eigenvalue weighted by Crippen LogP contribution is -2.42. The molecule has 0 radical (unpaired) electrons. The van der Waals surface area contributed by atoms with Crippen molar-refractivity contribution in [1.82, 2.24) is 24.7 Å². The van der Waals surface area contributed by atoms with E-state index in [4.69, 9.17) is 4.98 Å². The Morgan fingerprint density at radius 1 is 1.17 bits per heavy atom. The minimum atomic E-state index is 0.0332. The number of hydrogen-bond acceptors (Lipinski definition) is 6. The molecule has 5 rings (SSSR count). The van der Waals surface area contributed by atoms with Gasteiger partial charge in [0.15, 0.2) is 17.4 Å². The number of carbonyl (C=O) groups is 1. The lowest BCUT2D eigenvalue weighted by atomic mass is 10.0. The third-order valence-electron chi connectivity index (χ3n) is 6.03. The van der Waals surface area contributed by atoms with Crippen LogP contribution in [-0.4, -0.2) is 36.6 Å². The van der Waals surface area contributed by atoms with Gasteiger partial charge in [0.2, 0.25) is 0 Å². The summed E-state index contributed by atoms with van der Waals surface area (Å²) in [6.45, 7) is 2.18. The average molecular weight is 388 g/mol. The number of carbonyl (C=O) groups excluding carboxylic acids is 1. The van der Waals surface area contributed by atoms with Gasteiger partial charge < -0.3 is 4.90 Å². The van der Waals surface area contributed by atoms with Gasteiger partial charge in [-0.15, -0.1) is 10.2 Å². The summed E-state index contributed by atoms with van der Waals surface area (Å²) in [5.74, 6) is 2.45. The van der Waals surface area contributed by atoms with Gasteiger partial charge in [-0.2, -0.15) is 0 Å². The van der Waals surface area contributed by atoms with Crippen LogP contribution < -0.4 is 4.90 Å². The van der Waals surface area contributed by atoms with E-state index in [-0.39, 0.29) is 18.2 Å². The molecule has 148 valence electrons. The Kier molecular flexibility index (Phi) is 4.58. The third-order valence-corrected chi connectivity index (χ3v) is 6.03. The van der Waals surface area contributed by atoms with Crippen molar-refractivity contribution < 1.29 is 4.79 Å². The standard InChI is InChI=1S/C22H24N6O/c1-2-17-22-26-24-14-27(22)18-13-23-20(12-19(29)15-8-4-3-5-9-15)25-21(18)28(17)16-10-6-7-11-16/h3-5,8-9,13-14,16-17H,2,6-7,10-12H2,1H3. The van der Waals surface area contributed by atoms with Crippen LogP contribution in [0.3, 0.4) is 0 Å². The van der Waals surface area contributed by atoms with Crippen molar-refractivity contribution in [1.29, 1.82) is 0 Å². The molecule has 7 nitrogen and oxygen atoms in total. The fraction of sp³-hybridized carbons (Fsp3) is 0.409. The van der Waals surface area contributed by atoms with Gasteiger partial charge in [-0.05, 0) is 19.3 Å².